The van der Waals surface area contributed by atoms with E-state index in [1.54, 1.807) is 0 Å². The van der Waals surface area contributed by atoms with Crippen molar-refractivity contribution in [3.63, 3.8) is 0 Å². The average Bonchev–Trinajstić information content (AvgIpc) is 2.45. The predicted molar refractivity (Wildman–Crippen MR) is 82.9 cm³/mol. The number of halogens is 4. The summed E-state index contributed by atoms with van der Waals surface area (Å²) in [6, 6.07) is 2.49. The number of nitrogens with zero attached hydrogens (tertiary/aromatic N) is 1. The summed E-state index contributed by atoms with van der Waals surface area (Å²) in [6.07, 6.45) is -4.30. The summed E-state index contributed by atoms with van der Waals surface area (Å²) in [4.78, 5) is 9.58. The summed E-state index contributed by atoms with van der Waals surface area (Å²) in [5.41, 5.74) is -0.631. The molecular weight excluding hydrogens is 417 g/mol. The molecule has 0 radical (unpaired) electrons. The third-order valence-electron chi connectivity index (χ3n) is 3.87. The number of hydrogen-bond acceptors (Lipinski definition) is 4. The smallest absolute Gasteiger partial charge is 0.258 e. The molecule has 2 rings (SSSR count). The van der Waals surface area contributed by atoms with E-state index >= 15 is 0 Å². The van der Waals surface area contributed by atoms with Gasteiger partial charge in [-0.15, -0.1) is 0 Å². The Kier molecular flexibility index (Phi) is 5.55. The van der Waals surface area contributed by atoms with E-state index in [9.17, 15) is 31.7 Å². The molecule has 1 fully saturated rings. The molecule has 134 valence electrons. The minimum atomic E-state index is -4.38. The Morgan fingerprint density at radius 1 is 1.29 bits per heavy atom. The van der Waals surface area contributed by atoms with Gasteiger partial charge in [0.2, 0.25) is 10.0 Å². The number of alkyl halides is 3. The molecular formula is C13H14BrF3N2O4S. The second-order valence-corrected chi connectivity index (χ2v) is 8.19. The van der Waals surface area contributed by atoms with Crippen molar-refractivity contribution in [2.45, 2.75) is 42.8 Å². The summed E-state index contributed by atoms with van der Waals surface area (Å²) in [6.45, 7) is 0. The molecule has 24 heavy (non-hydrogen) atoms. The lowest BCUT2D eigenvalue weighted by molar-refractivity contribution is -0.387. The SMILES string of the molecule is O=[N+]([O-])c1ccc(Br)cc1S(=O)(=O)NC1CCCC(C(F)(F)F)C1. The molecule has 11 heteroatoms. The molecule has 0 spiro atoms. The fourth-order valence-electron chi connectivity index (χ4n) is 2.73. The Morgan fingerprint density at radius 2 is 1.96 bits per heavy atom. The number of hydrogen-bond donors (Lipinski definition) is 1. The highest BCUT2D eigenvalue weighted by molar-refractivity contribution is 9.10. The molecule has 0 aromatic heterocycles. The highest BCUT2D eigenvalue weighted by atomic mass is 79.9. The molecule has 1 N–H and O–H groups in total. The third-order valence-corrected chi connectivity index (χ3v) is 5.91. The van der Waals surface area contributed by atoms with Gasteiger partial charge in [-0.3, -0.25) is 10.1 Å². The van der Waals surface area contributed by atoms with Crippen LogP contribution in [0.15, 0.2) is 27.6 Å². The molecule has 1 aliphatic rings. The van der Waals surface area contributed by atoms with E-state index in [2.05, 4.69) is 20.7 Å². The molecule has 1 aromatic carbocycles. The summed E-state index contributed by atoms with van der Waals surface area (Å²) in [7, 11) is -4.32. The van der Waals surface area contributed by atoms with E-state index in [1.165, 1.54) is 6.07 Å². The van der Waals surface area contributed by atoms with Crippen molar-refractivity contribution in [3.05, 3.63) is 32.8 Å². The van der Waals surface area contributed by atoms with E-state index in [0.29, 0.717) is 4.47 Å². The molecule has 0 amide bonds. The van der Waals surface area contributed by atoms with Crippen molar-refractivity contribution in [1.29, 1.82) is 0 Å². The van der Waals surface area contributed by atoms with Crippen LogP contribution in [-0.2, 0) is 10.0 Å². The Morgan fingerprint density at radius 3 is 2.54 bits per heavy atom. The van der Waals surface area contributed by atoms with Gasteiger partial charge >= 0.3 is 6.18 Å². The highest BCUT2D eigenvalue weighted by Crippen LogP contribution is 2.38. The summed E-state index contributed by atoms with van der Waals surface area (Å²) >= 11 is 3.04. The van der Waals surface area contributed by atoms with Crippen LogP contribution in [0.2, 0.25) is 0 Å². The lowest BCUT2D eigenvalue weighted by Gasteiger charge is -2.30. The standard InChI is InChI=1S/C13H14BrF3N2O4S/c14-9-4-5-11(19(20)21)12(7-9)24(22,23)18-10-3-1-2-8(6-10)13(15,16)17/h4-5,7-8,10,18H,1-3,6H2. The van der Waals surface area contributed by atoms with Crippen LogP contribution in [0.1, 0.15) is 25.7 Å². The van der Waals surface area contributed by atoms with Gasteiger partial charge in [-0.2, -0.15) is 13.2 Å². The third kappa shape index (κ3) is 4.45. The van der Waals surface area contributed by atoms with Gasteiger partial charge in [0.1, 0.15) is 0 Å². The maximum atomic E-state index is 12.8. The first-order valence-electron chi connectivity index (χ1n) is 7.03. The number of benzene rings is 1. The minimum Gasteiger partial charge on any atom is -0.258 e. The first-order valence-corrected chi connectivity index (χ1v) is 9.31. The molecule has 1 aromatic rings. The topological polar surface area (TPSA) is 89.3 Å². The van der Waals surface area contributed by atoms with Crippen molar-refractivity contribution >= 4 is 31.6 Å². The van der Waals surface area contributed by atoms with Gasteiger partial charge < -0.3 is 0 Å². The molecule has 2 atom stereocenters. The fraction of sp³-hybridized carbons (Fsp3) is 0.538. The van der Waals surface area contributed by atoms with Crippen LogP contribution in [-0.4, -0.2) is 25.6 Å². The quantitative estimate of drug-likeness (QED) is 0.581. The summed E-state index contributed by atoms with van der Waals surface area (Å²) in [5, 5.41) is 11.0. The number of nitrogens with one attached hydrogen (secondary N) is 1. The van der Waals surface area contributed by atoms with Crippen molar-refractivity contribution in [2.24, 2.45) is 5.92 Å². The second-order valence-electron chi connectivity index (χ2n) is 5.59. The van der Waals surface area contributed by atoms with Gasteiger partial charge in [-0.25, -0.2) is 13.1 Å². The number of sulfonamides is 1. The second kappa shape index (κ2) is 6.96. The predicted octanol–water partition coefficient (Wildman–Crippen LogP) is 3.76. The molecule has 1 aliphatic carbocycles. The molecule has 2 unspecified atom stereocenters. The van der Waals surface area contributed by atoms with E-state index in [4.69, 9.17) is 0 Å². The molecule has 1 saturated carbocycles. The zero-order valence-corrected chi connectivity index (χ0v) is 14.6. The van der Waals surface area contributed by atoms with Gasteiger partial charge in [0.15, 0.2) is 4.90 Å². The van der Waals surface area contributed by atoms with E-state index in [-0.39, 0.29) is 25.7 Å². The van der Waals surface area contributed by atoms with Gasteiger partial charge in [0, 0.05) is 16.6 Å². The van der Waals surface area contributed by atoms with Crippen LogP contribution < -0.4 is 4.72 Å². The molecule has 6 nitrogen and oxygen atoms in total. The molecule has 0 bridgehead atoms. The van der Waals surface area contributed by atoms with Crippen molar-refractivity contribution in [2.75, 3.05) is 0 Å². The first kappa shape index (κ1) is 19.1. The highest BCUT2D eigenvalue weighted by Gasteiger charge is 2.43. The van der Waals surface area contributed by atoms with Crippen LogP contribution in [0.4, 0.5) is 18.9 Å². The average molecular weight is 431 g/mol. The Bertz CT molecular complexity index is 739. The molecule has 0 aliphatic heterocycles. The fourth-order valence-corrected chi connectivity index (χ4v) is 4.72. The summed E-state index contributed by atoms with van der Waals surface area (Å²) in [5.74, 6) is -1.57. The zero-order valence-electron chi connectivity index (χ0n) is 12.2. The summed E-state index contributed by atoms with van der Waals surface area (Å²) < 4.78 is 65.8. The van der Waals surface area contributed by atoms with Crippen molar-refractivity contribution in [3.8, 4) is 0 Å². The normalized spacial score (nSPS) is 22.3. The Labute approximate surface area is 144 Å². The van der Waals surface area contributed by atoms with E-state index in [1.807, 2.05) is 0 Å². The van der Waals surface area contributed by atoms with Gasteiger partial charge in [-0.05, 0) is 31.4 Å². The minimum absolute atomic E-state index is 0.0429. The van der Waals surface area contributed by atoms with E-state index < -0.39 is 43.7 Å². The molecule has 0 saturated heterocycles. The molecule has 0 heterocycles. The lowest BCUT2D eigenvalue weighted by atomic mass is 9.86. The van der Waals surface area contributed by atoms with E-state index in [0.717, 1.165) is 12.1 Å². The number of nitro groups is 1. The Hall–Kier alpha value is -1.20. The monoisotopic (exact) mass is 430 g/mol. The van der Waals surface area contributed by atoms with Crippen LogP contribution in [0.3, 0.4) is 0 Å². The van der Waals surface area contributed by atoms with Crippen LogP contribution >= 0.6 is 15.9 Å². The van der Waals surface area contributed by atoms with Crippen LogP contribution in [0, 0.1) is 16.0 Å². The number of nitro benzene ring substituents is 1. The Balaban J connectivity index is 2.26. The van der Waals surface area contributed by atoms with Gasteiger partial charge in [0.25, 0.3) is 5.69 Å². The lowest BCUT2D eigenvalue weighted by Crippen LogP contribution is -2.41. The van der Waals surface area contributed by atoms with Crippen molar-refractivity contribution in [1.82, 2.24) is 4.72 Å². The largest absolute Gasteiger partial charge is 0.391 e. The van der Waals surface area contributed by atoms with Crippen LogP contribution in [0.25, 0.3) is 0 Å². The maximum absolute atomic E-state index is 12.8. The van der Waals surface area contributed by atoms with Crippen molar-refractivity contribution < 1.29 is 26.5 Å². The van der Waals surface area contributed by atoms with Gasteiger partial charge in [-0.1, -0.05) is 22.4 Å². The maximum Gasteiger partial charge on any atom is 0.391 e. The van der Waals surface area contributed by atoms with Crippen LogP contribution in [0.5, 0.6) is 0 Å². The van der Waals surface area contributed by atoms with Gasteiger partial charge in [0.05, 0.1) is 10.8 Å². The zero-order chi connectivity index (χ0) is 18.1. The number of rotatable bonds is 4. The first-order chi connectivity index (χ1) is 11.0.